The number of nitrogens with zero attached hydrogens (tertiary/aromatic N) is 1. The van der Waals surface area contributed by atoms with Crippen molar-refractivity contribution in [1.82, 2.24) is 0 Å². The normalized spacial score (nSPS) is 20.0. The maximum absolute atomic E-state index is 14.5. The van der Waals surface area contributed by atoms with Gasteiger partial charge in [-0.3, -0.25) is 0 Å². The molecule has 0 fully saturated rings. The van der Waals surface area contributed by atoms with E-state index >= 15 is 0 Å². The molecule has 1 aliphatic carbocycles. The zero-order valence-corrected chi connectivity index (χ0v) is 12.1. The lowest BCUT2D eigenvalue weighted by atomic mass is 10.1. The van der Waals surface area contributed by atoms with Crippen LogP contribution in [0.25, 0.3) is 0 Å². The number of rotatable bonds is 2. The second-order valence-corrected chi connectivity index (χ2v) is 5.39. The van der Waals surface area contributed by atoms with Crippen LogP contribution in [0.3, 0.4) is 0 Å². The van der Waals surface area contributed by atoms with Crippen LogP contribution in [-0.4, -0.2) is 16.1 Å². The van der Waals surface area contributed by atoms with Crippen LogP contribution < -0.4 is 4.74 Å². The summed E-state index contributed by atoms with van der Waals surface area (Å²) >= 11 is 0. The number of hydrogen-bond acceptors (Lipinski definition) is 4. The average Bonchev–Trinajstić information content (AvgIpc) is 2.67. The smallest absolute Gasteiger partial charge is 0.339 e. The van der Waals surface area contributed by atoms with E-state index < -0.39 is 46.4 Å². The summed E-state index contributed by atoms with van der Waals surface area (Å²) in [5.74, 6) is -12.4. The van der Waals surface area contributed by atoms with E-state index in [1.807, 2.05) is 0 Å². The van der Waals surface area contributed by atoms with Crippen LogP contribution >= 0.6 is 0 Å². The van der Waals surface area contributed by atoms with Gasteiger partial charge < -0.3 is 14.9 Å². The Kier molecular flexibility index (Phi) is 3.70. The summed E-state index contributed by atoms with van der Waals surface area (Å²) in [4.78, 5) is 0. The first-order valence-corrected chi connectivity index (χ1v) is 6.77. The summed E-state index contributed by atoms with van der Waals surface area (Å²) in [6.45, 7) is 0. The lowest BCUT2D eigenvalue weighted by Crippen LogP contribution is -2.43. The van der Waals surface area contributed by atoms with Crippen molar-refractivity contribution in [3.8, 4) is 17.6 Å². The van der Waals surface area contributed by atoms with Gasteiger partial charge in [-0.1, -0.05) is 6.07 Å². The number of fused-ring (bicyclic) bond motifs is 1. The van der Waals surface area contributed by atoms with Crippen LogP contribution in [0, 0.1) is 23.0 Å². The SMILES string of the molecule is N#Cc1cc(F)cc(Oc2ccc3c(c2F)C(O)(O)C(F)(F)C3F)c1. The molecule has 0 spiro atoms. The van der Waals surface area contributed by atoms with Crippen molar-refractivity contribution >= 4 is 0 Å². The summed E-state index contributed by atoms with van der Waals surface area (Å²) < 4.78 is 73.8. The minimum Gasteiger partial charge on any atom is -0.454 e. The Balaban J connectivity index is 2.09. The maximum atomic E-state index is 14.5. The van der Waals surface area contributed by atoms with Gasteiger partial charge in [0.2, 0.25) is 0 Å². The van der Waals surface area contributed by atoms with Gasteiger partial charge in [0.25, 0.3) is 5.79 Å². The number of halogens is 5. The first-order chi connectivity index (χ1) is 11.6. The van der Waals surface area contributed by atoms with Gasteiger partial charge in [0, 0.05) is 11.6 Å². The first kappa shape index (κ1) is 17.1. The molecule has 25 heavy (non-hydrogen) atoms. The van der Waals surface area contributed by atoms with Gasteiger partial charge in [-0.15, -0.1) is 0 Å². The van der Waals surface area contributed by atoms with Gasteiger partial charge in [-0.2, -0.15) is 14.0 Å². The number of ether oxygens (including phenoxy) is 1. The maximum Gasteiger partial charge on any atom is 0.339 e. The van der Waals surface area contributed by atoms with Gasteiger partial charge in [-0.25, -0.2) is 13.2 Å². The average molecular weight is 357 g/mol. The summed E-state index contributed by atoms with van der Waals surface area (Å²) in [6.07, 6.45) is -3.12. The van der Waals surface area contributed by atoms with Crippen molar-refractivity contribution in [3.05, 3.63) is 58.7 Å². The van der Waals surface area contributed by atoms with E-state index in [4.69, 9.17) is 10.00 Å². The highest BCUT2D eigenvalue weighted by molar-refractivity contribution is 5.49. The third kappa shape index (κ3) is 2.42. The largest absolute Gasteiger partial charge is 0.454 e. The molecule has 0 heterocycles. The van der Waals surface area contributed by atoms with Crippen LogP contribution in [0.4, 0.5) is 22.0 Å². The summed E-state index contributed by atoms with van der Waals surface area (Å²) in [5.41, 5.74) is -2.44. The molecule has 2 aromatic rings. The zero-order valence-electron chi connectivity index (χ0n) is 12.1. The Labute approximate surface area is 137 Å². The minimum atomic E-state index is -4.67. The molecule has 130 valence electrons. The van der Waals surface area contributed by atoms with Crippen LogP contribution in [0.15, 0.2) is 30.3 Å². The van der Waals surface area contributed by atoms with E-state index in [2.05, 4.69) is 0 Å². The molecule has 0 aromatic heterocycles. The van der Waals surface area contributed by atoms with E-state index in [0.717, 1.165) is 24.3 Å². The summed E-state index contributed by atoms with van der Waals surface area (Å²) in [6, 6.07) is 5.87. The second-order valence-electron chi connectivity index (χ2n) is 5.39. The Hall–Kier alpha value is -2.70. The molecule has 0 aliphatic heterocycles. The fourth-order valence-electron chi connectivity index (χ4n) is 2.57. The number of nitriles is 1. The van der Waals surface area contributed by atoms with E-state index in [-0.39, 0.29) is 11.3 Å². The van der Waals surface area contributed by atoms with Crippen molar-refractivity contribution < 1.29 is 36.9 Å². The molecule has 2 aromatic carbocycles. The van der Waals surface area contributed by atoms with Crippen LogP contribution in [0.5, 0.6) is 11.5 Å². The molecule has 2 N–H and O–H groups in total. The Morgan fingerprint density at radius 1 is 1.12 bits per heavy atom. The van der Waals surface area contributed by atoms with E-state index in [1.54, 1.807) is 6.07 Å². The number of benzene rings is 2. The van der Waals surface area contributed by atoms with Gasteiger partial charge in [0.05, 0.1) is 17.2 Å². The number of hydrogen-bond donors (Lipinski definition) is 2. The molecule has 9 heteroatoms. The molecule has 1 aliphatic rings. The quantitative estimate of drug-likeness (QED) is 0.638. The highest BCUT2D eigenvalue weighted by Crippen LogP contribution is 2.56. The van der Waals surface area contributed by atoms with E-state index in [0.29, 0.717) is 6.07 Å². The predicted octanol–water partition coefficient (Wildman–Crippen LogP) is 3.43. The Morgan fingerprint density at radius 2 is 1.80 bits per heavy atom. The van der Waals surface area contributed by atoms with Gasteiger partial charge in [0.15, 0.2) is 17.7 Å². The molecule has 1 atom stereocenters. The second kappa shape index (κ2) is 5.40. The van der Waals surface area contributed by atoms with Gasteiger partial charge in [-0.05, 0) is 18.2 Å². The van der Waals surface area contributed by atoms with Crippen LogP contribution in [-0.2, 0) is 5.79 Å². The Bertz CT molecular complexity index is 907. The van der Waals surface area contributed by atoms with Gasteiger partial charge in [0.1, 0.15) is 11.6 Å². The van der Waals surface area contributed by atoms with Crippen molar-refractivity contribution in [2.45, 2.75) is 17.9 Å². The molecule has 4 nitrogen and oxygen atoms in total. The fraction of sp³-hybridized carbons (Fsp3) is 0.188. The lowest BCUT2D eigenvalue weighted by molar-refractivity contribution is -0.313. The monoisotopic (exact) mass is 357 g/mol. The van der Waals surface area contributed by atoms with Crippen molar-refractivity contribution in [2.24, 2.45) is 0 Å². The number of alkyl halides is 3. The van der Waals surface area contributed by atoms with Crippen LogP contribution in [0.1, 0.15) is 22.9 Å². The van der Waals surface area contributed by atoms with E-state index in [9.17, 15) is 32.2 Å². The zero-order chi connectivity index (χ0) is 18.6. The highest BCUT2D eigenvalue weighted by Gasteiger charge is 2.67. The fourth-order valence-corrected chi connectivity index (χ4v) is 2.57. The number of aliphatic hydroxyl groups is 2. The van der Waals surface area contributed by atoms with Crippen molar-refractivity contribution in [1.29, 1.82) is 5.26 Å². The molecule has 0 amide bonds. The molecule has 0 saturated heterocycles. The Morgan fingerprint density at radius 3 is 2.44 bits per heavy atom. The van der Waals surface area contributed by atoms with Gasteiger partial charge >= 0.3 is 5.92 Å². The molecule has 0 bridgehead atoms. The van der Waals surface area contributed by atoms with E-state index in [1.165, 1.54) is 0 Å². The lowest BCUT2D eigenvalue weighted by Gasteiger charge is -2.25. The summed E-state index contributed by atoms with van der Waals surface area (Å²) in [7, 11) is 0. The third-order valence-electron chi connectivity index (χ3n) is 3.77. The molecular formula is C16H8F5NO3. The molecule has 0 saturated carbocycles. The molecule has 0 radical (unpaired) electrons. The third-order valence-corrected chi connectivity index (χ3v) is 3.77. The molecule has 1 unspecified atom stereocenters. The standard InChI is InChI=1S/C16H8F5NO3/c17-8-3-7(6-22)4-9(5-8)25-11-2-1-10-12(13(11)18)16(23,24)15(20,21)14(10)19/h1-5,14,23-24H. The molecule has 3 rings (SSSR count). The minimum absolute atomic E-state index is 0.148. The van der Waals surface area contributed by atoms with Crippen LogP contribution in [0.2, 0.25) is 0 Å². The summed E-state index contributed by atoms with van der Waals surface area (Å²) in [5, 5.41) is 27.8. The predicted molar refractivity (Wildman–Crippen MR) is 72.5 cm³/mol. The first-order valence-electron chi connectivity index (χ1n) is 6.77. The highest BCUT2D eigenvalue weighted by atomic mass is 19.3. The van der Waals surface area contributed by atoms with Crippen molar-refractivity contribution in [2.75, 3.05) is 0 Å². The molecular weight excluding hydrogens is 349 g/mol. The topological polar surface area (TPSA) is 73.5 Å². The van der Waals surface area contributed by atoms with Crippen molar-refractivity contribution in [3.63, 3.8) is 0 Å².